The highest BCUT2D eigenvalue weighted by molar-refractivity contribution is 7.90. The monoisotopic (exact) mass is 499 g/mol. The third-order valence-corrected chi connectivity index (χ3v) is 7.71. The lowest BCUT2D eigenvalue weighted by Gasteiger charge is -2.39. The average Bonchev–Trinajstić information content (AvgIpc) is 2.82. The smallest absolute Gasteiger partial charge is 0.321 e. The van der Waals surface area contributed by atoms with E-state index in [9.17, 15) is 23.6 Å². The summed E-state index contributed by atoms with van der Waals surface area (Å²) in [5.41, 5.74) is -0.0135. The van der Waals surface area contributed by atoms with Crippen LogP contribution in [0.25, 0.3) is 0 Å². The second-order valence-electron chi connectivity index (χ2n) is 9.23. The van der Waals surface area contributed by atoms with Gasteiger partial charge in [0, 0.05) is 31.1 Å². The van der Waals surface area contributed by atoms with Gasteiger partial charge in [0.25, 0.3) is 0 Å². The summed E-state index contributed by atoms with van der Waals surface area (Å²) in [4.78, 5) is 14.7. The number of anilines is 1. The number of aliphatic hydroxyl groups is 1. The SMILES string of the molecule is CCC(CC)CC1(O)CCN(C(=O)Nc2cc(C#N)cc(Oc3ccc(S(C)(=O)=O)cc3)c2)CC1. The van der Waals surface area contributed by atoms with E-state index >= 15 is 0 Å². The van der Waals surface area contributed by atoms with Crippen molar-refractivity contribution in [1.82, 2.24) is 4.90 Å². The van der Waals surface area contributed by atoms with Gasteiger partial charge in [0.05, 0.1) is 22.1 Å². The van der Waals surface area contributed by atoms with Crippen LogP contribution >= 0.6 is 0 Å². The van der Waals surface area contributed by atoms with Crippen molar-refractivity contribution in [1.29, 1.82) is 5.26 Å². The van der Waals surface area contributed by atoms with Crippen molar-refractivity contribution in [3.05, 3.63) is 48.0 Å². The number of ether oxygens (including phenoxy) is 1. The molecule has 1 aliphatic rings. The van der Waals surface area contributed by atoms with Crippen LogP contribution in [0.1, 0.15) is 51.5 Å². The molecule has 188 valence electrons. The lowest BCUT2D eigenvalue weighted by molar-refractivity contribution is -0.0309. The number of hydrogen-bond acceptors (Lipinski definition) is 6. The van der Waals surface area contributed by atoms with E-state index in [-0.39, 0.29) is 10.9 Å². The van der Waals surface area contributed by atoms with Gasteiger partial charge in [-0.2, -0.15) is 5.26 Å². The summed E-state index contributed by atoms with van der Waals surface area (Å²) in [6.45, 7) is 5.18. The molecule has 1 heterocycles. The van der Waals surface area contributed by atoms with E-state index in [4.69, 9.17) is 4.74 Å². The quantitative estimate of drug-likeness (QED) is 0.531. The molecule has 0 aliphatic carbocycles. The highest BCUT2D eigenvalue weighted by atomic mass is 32.2. The van der Waals surface area contributed by atoms with Crippen LogP contribution in [0.4, 0.5) is 10.5 Å². The number of nitriles is 1. The molecule has 35 heavy (non-hydrogen) atoms. The van der Waals surface area contributed by atoms with Crippen molar-refractivity contribution < 1.29 is 23.1 Å². The number of carbonyl (C=O) groups excluding carboxylic acids is 1. The van der Waals surface area contributed by atoms with Gasteiger partial charge < -0.3 is 20.1 Å². The first-order chi connectivity index (χ1) is 16.5. The summed E-state index contributed by atoms with van der Waals surface area (Å²) >= 11 is 0. The Hall–Kier alpha value is -3.09. The van der Waals surface area contributed by atoms with E-state index in [1.54, 1.807) is 23.1 Å². The van der Waals surface area contributed by atoms with Crippen molar-refractivity contribution in [2.45, 2.75) is 56.4 Å². The lowest BCUT2D eigenvalue weighted by Crippen LogP contribution is -2.48. The summed E-state index contributed by atoms with van der Waals surface area (Å²) in [5, 5.41) is 23.2. The van der Waals surface area contributed by atoms with Crippen molar-refractivity contribution in [2.75, 3.05) is 24.7 Å². The molecule has 2 aromatic carbocycles. The highest BCUT2D eigenvalue weighted by Gasteiger charge is 2.35. The maximum atomic E-state index is 12.9. The molecular formula is C26H33N3O5S. The van der Waals surface area contributed by atoms with Crippen LogP contribution < -0.4 is 10.1 Å². The fourth-order valence-electron chi connectivity index (χ4n) is 4.33. The molecule has 1 aliphatic heterocycles. The maximum Gasteiger partial charge on any atom is 0.321 e. The Bertz CT molecular complexity index is 1180. The van der Waals surface area contributed by atoms with E-state index in [2.05, 4.69) is 25.2 Å². The van der Waals surface area contributed by atoms with Gasteiger partial charge in [-0.05, 0) is 61.6 Å². The molecule has 2 N–H and O–H groups in total. The van der Waals surface area contributed by atoms with Gasteiger partial charge in [-0.25, -0.2) is 13.2 Å². The van der Waals surface area contributed by atoms with Crippen LogP contribution in [0.2, 0.25) is 0 Å². The zero-order chi connectivity index (χ0) is 25.6. The maximum absolute atomic E-state index is 12.9. The molecular weight excluding hydrogens is 466 g/mol. The Morgan fingerprint density at radius 2 is 1.77 bits per heavy atom. The molecule has 1 saturated heterocycles. The number of carbonyl (C=O) groups is 1. The van der Waals surface area contributed by atoms with Gasteiger partial charge in [0.1, 0.15) is 11.5 Å². The first-order valence-electron chi connectivity index (χ1n) is 11.9. The minimum atomic E-state index is -3.32. The standard InChI is InChI=1S/C26H33N3O5S/c1-4-19(5-2)17-26(31)10-12-29(13-11-26)25(30)28-21-14-20(18-27)15-23(16-21)34-22-6-8-24(9-7-22)35(3,32)33/h6-9,14-16,19,31H,4-5,10-13,17H2,1-3H3,(H,28,30). The second kappa shape index (κ2) is 11.1. The molecule has 1 fully saturated rings. The number of hydrogen-bond donors (Lipinski definition) is 2. The van der Waals surface area contributed by atoms with Crippen molar-refractivity contribution >= 4 is 21.6 Å². The Labute approximate surface area is 207 Å². The number of amides is 2. The summed E-state index contributed by atoms with van der Waals surface area (Å²) in [7, 11) is -3.32. The minimum Gasteiger partial charge on any atom is -0.457 e. The third-order valence-electron chi connectivity index (χ3n) is 6.58. The molecule has 0 saturated carbocycles. The molecule has 8 nitrogen and oxygen atoms in total. The van der Waals surface area contributed by atoms with Crippen LogP contribution in [0, 0.1) is 17.2 Å². The zero-order valence-electron chi connectivity index (χ0n) is 20.5. The molecule has 0 aromatic heterocycles. The Morgan fingerprint density at radius 1 is 1.14 bits per heavy atom. The van der Waals surface area contributed by atoms with Gasteiger partial charge >= 0.3 is 6.03 Å². The molecule has 0 atom stereocenters. The first-order valence-corrected chi connectivity index (χ1v) is 13.8. The number of nitrogens with one attached hydrogen (secondary N) is 1. The fraction of sp³-hybridized carbons (Fsp3) is 0.462. The van der Waals surface area contributed by atoms with Crippen LogP contribution in [-0.2, 0) is 9.84 Å². The van der Waals surface area contributed by atoms with Crippen LogP contribution in [0.3, 0.4) is 0 Å². The van der Waals surface area contributed by atoms with E-state index < -0.39 is 15.4 Å². The van der Waals surface area contributed by atoms with E-state index in [0.717, 1.165) is 25.5 Å². The summed E-state index contributed by atoms with van der Waals surface area (Å²) in [6, 6.07) is 12.4. The van der Waals surface area contributed by atoms with Crippen molar-refractivity contribution in [3.63, 3.8) is 0 Å². The normalized spacial score (nSPS) is 15.5. The molecule has 0 spiro atoms. The number of likely N-dealkylation sites (tertiary alicyclic amines) is 1. The Balaban J connectivity index is 1.66. The average molecular weight is 500 g/mol. The van der Waals surface area contributed by atoms with Gasteiger partial charge in [-0.15, -0.1) is 0 Å². The number of urea groups is 1. The summed E-state index contributed by atoms with van der Waals surface area (Å²) in [6.07, 6.45) is 5.02. The van der Waals surface area contributed by atoms with Crippen molar-refractivity contribution in [2.24, 2.45) is 5.92 Å². The van der Waals surface area contributed by atoms with E-state index in [0.29, 0.717) is 54.6 Å². The number of sulfone groups is 1. The highest BCUT2D eigenvalue weighted by Crippen LogP contribution is 2.32. The molecule has 0 bridgehead atoms. The molecule has 2 amide bonds. The first kappa shape index (κ1) is 26.5. The third kappa shape index (κ3) is 7.20. The largest absolute Gasteiger partial charge is 0.457 e. The number of rotatable bonds is 8. The number of nitrogens with zero attached hydrogens (tertiary/aromatic N) is 2. The fourth-order valence-corrected chi connectivity index (χ4v) is 4.96. The topological polar surface area (TPSA) is 120 Å². The predicted molar refractivity (Wildman–Crippen MR) is 134 cm³/mol. The molecule has 0 unspecified atom stereocenters. The van der Waals surface area contributed by atoms with Gasteiger partial charge in [-0.1, -0.05) is 26.7 Å². The predicted octanol–water partition coefficient (Wildman–Crippen LogP) is 4.94. The molecule has 9 heteroatoms. The van der Waals surface area contributed by atoms with Crippen LogP contribution in [-0.4, -0.2) is 49.4 Å². The summed E-state index contributed by atoms with van der Waals surface area (Å²) in [5.74, 6) is 1.22. The molecule has 2 aromatic rings. The van der Waals surface area contributed by atoms with Gasteiger partial charge in [0.2, 0.25) is 0 Å². The Morgan fingerprint density at radius 3 is 2.31 bits per heavy atom. The number of piperidine rings is 1. The van der Waals surface area contributed by atoms with E-state index in [1.807, 2.05) is 0 Å². The summed E-state index contributed by atoms with van der Waals surface area (Å²) < 4.78 is 29.1. The molecule has 0 radical (unpaired) electrons. The lowest BCUT2D eigenvalue weighted by atomic mass is 9.81. The minimum absolute atomic E-state index is 0.178. The number of benzene rings is 2. The van der Waals surface area contributed by atoms with Gasteiger partial charge in [-0.3, -0.25) is 0 Å². The van der Waals surface area contributed by atoms with Gasteiger partial charge in [0.15, 0.2) is 9.84 Å². The molecule has 3 rings (SSSR count). The van der Waals surface area contributed by atoms with E-state index in [1.165, 1.54) is 24.3 Å². The zero-order valence-corrected chi connectivity index (χ0v) is 21.3. The van der Waals surface area contributed by atoms with Crippen LogP contribution in [0.15, 0.2) is 47.4 Å². The van der Waals surface area contributed by atoms with Crippen molar-refractivity contribution in [3.8, 4) is 17.6 Å². The van der Waals surface area contributed by atoms with Crippen LogP contribution in [0.5, 0.6) is 11.5 Å². The second-order valence-corrected chi connectivity index (χ2v) is 11.2. The Kier molecular flexibility index (Phi) is 8.41.